The number of rotatable bonds is 9. The van der Waals surface area contributed by atoms with Crippen LogP contribution in [0.15, 0.2) is 66.7 Å². The summed E-state index contributed by atoms with van der Waals surface area (Å²) >= 11 is 0. The van der Waals surface area contributed by atoms with Crippen molar-refractivity contribution in [3.63, 3.8) is 0 Å². The van der Waals surface area contributed by atoms with E-state index in [1.165, 1.54) is 31.2 Å². The summed E-state index contributed by atoms with van der Waals surface area (Å²) in [4.78, 5) is 22.9. The molecule has 0 saturated heterocycles. The third-order valence-corrected chi connectivity index (χ3v) is 6.19. The molecule has 0 heterocycles. The second-order valence-electron chi connectivity index (χ2n) is 8.93. The second-order valence-corrected chi connectivity index (χ2v) is 10.5. The van der Waals surface area contributed by atoms with Crippen LogP contribution in [0.3, 0.4) is 0 Å². The molecule has 0 amide bonds. The molecule has 2 unspecified atom stereocenters. The van der Waals surface area contributed by atoms with Gasteiger partial charge >= 0.3 is 13.7 Å². The highest BCUT2D eigenvalue weighted by Crippen LogP contribution is 2.47. The quantitative estimate of drug-likeness (QED) is 0.172. The zero-order valence-electron chi connectivity index (χ0n) is 19.4. The number of benzene rings is 3. The van der Waals surface area contributed by atoms with Gasteiger partial charge in [0.05, 0.1) is 11.5 Å². The van der Waals surface area contributed by atoms with Gasteiger partial charge in [0.1, 0.15) is 17.5 Å². The van der Waals surface area contributed by atoms with E-state index in [1.54, 1.807) is 12.1 Å². The molecule has 0 bridgehead atoms. The lowest BCUT2D eigenvalue weighted by Crippen LogP contribution is -2.37. The van der Waals surface area contributed by atoms with Crippen molar-refractivity contribution in [2.45, 2.75) is 33.7 Å². The summed E-state index contributed by atoms with van der Waals surface area (Å²) in [7, 11) is -4.20. The van der Waals surface area contributed by atoms with E-state index in [0.29, 0.717) is 5.39 Å². The van der Waals surface area contributed by atoms with Gasteiger partial charge in [-0.3, -0.25) is 14.9 Å². The van der Waals surface area contributed by atoms with Gasteiger partial charge in [0.2, 0.25) is 0 Å². The number of nitro benzene ring substituents is 1. The Morgan fingerprint density at radius 3 is 2.32 bits per heavy atom. The number of nitro groups is 1. The SMILES string of the molecule is CC(NP(=O)(Oc1ccc([N+](=O)[O-])cc1)Oc1cccc2ccccc12)C(=O)OCC(C)(C)C. The Morgan fingerprint density at radius 2 is 1.68 bits per heavy atom. The maximum Gasteiger partial charge on any atom is 0.513 e. The first-order valence-corrected chi connectivity index (χ1v) is 12.2. The number of non-ortho nitro benzene ring substituents is 1. The molecule has 0 aliphatic rings. The molecule has 3 rings (SSSR count). The highest BCUT2D eigenvalue weighted by atomic mass is 31.2. The molecule has 0 spiro atoms. The molecule has 1 N–H and O–H groups in total. The van der Waals surface area contributed by atoms with Gasteiger partial charge < -0.3 is 13.8 Å². The van der Waals surface area contributed by atoms with Crippen molar-refractivity contribution in [2.24, 2.45) is 5.41 Å². The van der Waals surface area contributed by atoms with Crippen molar-refractivity contribution in [2.75, 3.05) is 6.61 Å². The smallest absolute Gasteiger partial charge is 0.464 e. The first-order valence-electron chi connectivity index (χ1n) is 10.6. The predicted octanol–water partition coefficient (Wildman–Crippen LogP) is 5.88. The third-order valence-electron chi connectivity index (χ3n) is 4.59. The maximum absolute atomic E-state index is 13.8. The lowest BCUT2D eigenvalue weighted by atomic mass is 9.99. The molecule has 0 radical (unpaired) electrons. The van der Waals surface area contributed by atoms with Crippen LogP contribution in [-0.4, -0.2) is 23.5 Å². The summed E-state index contributed by atoms with van der Waals surface area (Å²) in [6.07, 6.45) is 0. The number of fused-ring (bicyclic) bond motifs is 1. The average Bonchev–Trinajstić information content (AvgIpc) is 2.77. The maximum atomic E-state index is 13.8. The van der Waals surface area contributed by atoms with E-state index in [1.807, 2.05) is 51.1 Å². The summed E-state index contributed by atoms with van der Waals surface area (Å²) < 4.78 is 30.6. The molecular formula is C24H27N2O7P. The van der Waals surface area contributed by atoms with Gasteiger partial charge in [-0.15, -0.1) is 0 Å². The minimum absolute atomic E-state index is 0.0666. The minimum Gasteiger partial charge on any atom is -0.464 e. The molecule has 0 aromatic heterocycles. The molecule has 10 heteroatoms. The van der Waals surface area contributed by atoms with E-state index in [2.05, 4.69) is 5.09 Å². The van der Waals surface area contributed by atoms with Gasteiger partial charge in [-0.25, -0.2) is 4.57 Å². The van der Waals surface area contributed by atoms with Crippen molar-refractivity contribution >= 4 is 30.2 Å². The summed E-state index contributed by atoms with van der Waals surface area (Å²) in [5.74, 6) is -0.271. The van der Waals surface area contributed by atoms with Crippen LogP contribution in [0, 0.1) is 15.5 Å². The fourth-order valence-corrected chi connectivity index (χ4v) is 4.49. The number of esters is 1. The van der Waals surface area contributed by atoms with Gasteiger partial charge in [0.25, 0.3) is 5.69 Å². The van der Waals surface area contributed by atoms with Crippen LogP contribution >= 0.6 is 7.75 Å². The molecule has 0 aliphatic carbocycles. The molecule has 0 fully saturated rings. The lowest BCUT2D eigenvalue weighted by Gasteiger charge is -2.24. The molecule has 0 aliphatic heterocycles. The van der Waals surface area contributed by atoms with Crippen LogP contribution in [0.4, 0.5) is 5.69 Å². The summed E-state index contributed by atoms with van der Waals surface area (Å²) in [6, 6.07) is 16.7. The zero-order chi connectivity index (χ0) is 24.9. The van der Waals surface area contributed by atoms with Crippen LogP contribution in [0.1, 0.15) is 27.7 Å². The summed E-state index contributed by atoms with van der Waals surface area (Å²) in [6.45, 7) is 7.43. The van der Waals surface area contributed by atoms with Crippen molar-refractivity contribution in [1.29, 1.82) is 0 Å². The van der Waals surface area contributed by atoms with Crippen LogP contribution in [0.5, 0.6) is 11.5 Å². The van der Waals surface area contributed by atoms with E-state index in [0.717, 1.165) is 5.39 Å². The Hall–Kier alpha value is -3.42. The summed E-state index contributed by atoms with van der Waals surface area (Å²) in [5, 5.41) is 15.1. The summed E-state index contributed by atoms with van der Waals surface area (Å²) in [5.41, 5.74) is -0.391. The standard InChI is InChI=1S/C24H27N2O7P/c1-17(23(27)31-16-24(2,3)4)25-34(30,32-20-14-12-19(13-15-20)26(28)29)33-22-11-7-9-18-8-5-6-10-21(18)22/h5-15,17H,16H2,1-4H3,(H,25,30). The second kappa shape index (κ2) is 10.2. The van der Waals surface area contributed by atoms with Crippen molar-refractivity contribution in [1.82, 2.24) is 5.09 Å². The number of hydrogen-bond donors (Lipinski definition) is 1. The monoisotopic (exact) mass is 486 g/mol. The van der Waals surface area contributed by atoms with Gasteiger partial charge in [0.15, 0.2) is 0 Å². The molecule has 180 valence electrons. The Kier molecular flexibility index (Phi) is 7.59. The first-order chi connectivity index (χ1) is 16.0. The topological polar surface area (TPSA) is 117 Å². The van der Waals surface area contributed by atoms with Gasteiger partial charge in [-0.1, -0.05) is 57.2 Å². The van der Waals surface area contributed by atoms with Crippen LogP contribution in [0.25, 0.3) is 10.8 Å². The number of ether oxygens (including phenoxy) is 1. The van der Waals surface area contributed by atoms with E-state index in [4.69, 9.17) is 13.8 Å². The highest BCUT2D eigenvalue weighted by Gasteiger charge is 2.34. The van der Waals surface area contributed by atoms with E-state index < -0.39 is 24.7 Å². The number of carbonyl (C=O) groups is 1. The Labute approximate surface area is 197 Å². The Morgan fingerprint density at radius 1 is 1.03 bits per heavy atom. The minimum atomic E-state index is -4.20. The molecule has 3 aromatic rings. The number of nitrogens with zero attached hydrogens (tertiary/aromatic N) is 1. The zero-order valence-corrected chi connectivity index (χ0v) is 20.3. The third kappa shape index (κ3) is 6.79. The number of nitrogens with one attached hydrogen (secondary N) is 1. The van der Waals surface area contributed by atoms with Gasteiger partial charge in [0, 0.05) is 17.5 Å². The van der Waals surface area contributed by atoms with Crippen LogP contribution in [0.2, 0.25) is 0 Å². The Balaban J connectivity index is 1.89. The molecule has 34 heavy (non-hydrogen) atoms. The fraction of sp³-hybridized carbons (Fsp3) is 0.292. The Bertz CT molecular complexity index is 1220. The van der Waals surface area contributed by atoms with Crippen molar-refractivity contribution in [3.05, 3.63) is 76.8 Å². The molecular weight excluding hydrogens is 459 g/mol. The van der Waals surface area contributed by atoms with Crippen LogP contribution < -0.4 is 14.1 Å². The molecule has 2 atom stereocenters. The van der Waals surface area contributed by atoms with Crippen molar-refractivity contribution < 1.29 is 28.1 Å². The van der Waals surface area contributed by atoms with E-state index >= 15 is 0 Å². The fourth-order valence-electron chi connectivity index (χ4n) is 2.95. The van der Waals surface area contributed by atoms with E-state index in [9.17, 15) is 19.5 Å². The normalized spacial score (nSPS) is 14.1. The molecule has 0 saturated carbocycles. The largest absolute Gasteiger partial charge is 0.513 e. The lowest BCUT2D eigenvalue weighted by molar-refractivity contribution is -0.384. The highest BCUT2D eigenvalue weighted by molar-refractivity contribution is 7.52. The van der Waals surface area contributed by atoms with Crippen molar-refractivity contribution in [3.8, 4) is 11.5 Å². The first kappa shape index (κ1) is 25.2. The molecule has 9 nitrogen and oxygen atoms in total. The van der Waals surface area contributed by atoms with Gasteiger partial charge in [-0.05, 0) is 35.9 Å². The predicted molar refractivity (Wildman–Crippen MR) is 129 cm³/mol. The molecule has 3 aromatic carbocycles. The van der Waals surface area contributed by atoms with E-state index in [-0.39, 0.29) is 29.2 Å². The number of hydrogen-bond acceptors (Lipinski definition) is 7. The van der Waals surface area contributed by atoms with Gasteiger partial charge in [-0.2, -0.15) is 5.09 Å². The van der Waals surface area contributed by atoms with Crippen LogP contribution in [-0.2, 0) is 14.1 Å². The average molecular weight is 486 g/mol. The number of carbonyl (C=O) groups excluding carboxylic acids is 1.